The fraction of sp³-hybridized carbons (Fsp3) is 0.833. The number of quaternary nitrogens is 1. The summed E-state index contributed by atoms with van der Waals surface area (Å²) in [6, 6.07) is 0. The molecule has 106 valence electrons. The quantitative estimate of drug-likeness (QED) is 0.532. The molecule has 0 aromatic carbocycles. The van der Waals surface area contributed by atoms with E-state index in [4.69, 9.17) is 0 Å². The Morgan fingerprint density at radius 3 is 1.83 bits per heavy atom. The van der Waals surface area contributed by atoms with Gasteiger partial charge < -0.3 is 24.6 Å². The molecule has 6 heteroatoms. The van der Waals surface area contributed by atoms with Gasteiger partial charge in [-0.15, -0.1) is 0 Å². The number of nitrogens with zero attached hydrogens (tertiary/aromatic N) is 1. The van der Waals surface area contributed by atoms with Crippen molar-refractivity contribution >= 4 is 11.8 Å². The van der Waals surface area contributed by atoms with E-state index in [1.807, 2.05) is 0 Å². The first-order chi connectivity index (χ1) is 7.75. The van der Waals surface area contributed by atoms with Crippen molar-refractivity contribution in [3.05, 3.63) is 0 Å². The van der Waals surface area contributed by atoms with Crippen molar-refractivity contribution < 1.29 is 29.4 Å². The van der Waals surface area contributed by atoms with Crippen LogP contribution in [0.15, 0.2) is 0 Å². The Kier molecular flexibility index (Phi) is 5.05. The standard InChI is InChI=1S/C12H23NO5/c1-11(2,17)6-9(14)12(18,7-10(15)16)8-13(3,4)5/h17-18H,6-8H2,1-5H3/t12-/m1/s1. The highest BCUT2D eigenvalue weighted by Crippen LogP contribution is 2.21. The lowest BCUT2D eigenvalue weighted by molar-refractivity contribution is -0.875. The average molecular weight is 261 g/mol. The molecule has 1 atom stereocenters. The number of aliphatic hydroxyl groups is 2. The van der Waals surface area contributed by atoms with E-state index >= 15 is 0 Å². The van der Waals surface area contributed by atoms with Gasteiger partial charge in [-0.25, -0.2) is 0 Å². The first kappa shape index (κ1) is 17.0. The molecule has 0 aliphatic carbocycles. The summed E-state index contributed by atoms with van der Waals surface area (Å²) in [5.41, 5.74) is -3.31. The van der Waals surface area contributed by atoms with Crippen molar-refractivity contribution in [1.29, 1.82) is 0 Å². The van der Waals surface area contributed by atoms with Gasteiger partial charge in [-0.2, -0.15) is 0 Å². The van der Waals surface area contributed by atoms with Crippen molar-refractivity contribution in [3.63, 3.8) is 0 Å². The molecule has 0 radical (unpaired) electrons. The van der Waals surface area contributed by atoms with Crippen LogP contribution in [0.5, 0.6) is 0 Å². The molecule has 2 N–H and O–H groups in total. The molecule has 0 aliphatic rings. The lowest BCUT2D eigenvalue weighted by Crippen LogP contribution is -2.57. The molecule has 0 bridgehead atoms. The number of Topliss-reactive ketones (excluding diaryl/α,β-unsaturated/α-hetero) is 1. The zero-order chi connectivity index (χ0) is 14.8. The summed E-state index contributed by atoms with van der Waals surface area (Å²) < 4.78 is 0.224. The van der Waals surface area contributed by atoms with Gasteiger partial charge in [0.25, 0.3) is 0 Å². The number of hydrogen-bond donors (Lipinski definition) is 2. The Bertz CT molecular complexity index is 326. The minimum Gasteiger partial charge on any atom is -0.550 e. The molecule has 0 aliphatic heterocycles. The fourth-order valence-electron chi connectivity index (χ4n) is 1.82. The molecule has 0 saturated heterocycles. The second-order valence-corrected chi connectivity index (χ2v) is 6.44. The topological polar surface area (TPSA) is 97.7 Å². The highest BCUT2D eigenvalue weighted by molar-refractivity contribution is 5.91. The van der Waals surface area contributed by atoms with Crippen molar-refractivity contribution in [2.75, 3.05) is 27.7 Å². The monoisotopic (exact) mass is 261 g/mol. The third kappa shape index (κ3) is 6.68. The molecule has 0 spiro atoms. The van der Waals surface area contributed by atoms with Crippen molar-refractivity contribution in [2.45, 2.75) is 37.9 Å². The van der Waals surface area contributed by atoms with Crippen molar-refractivity contribution in [3.8, 4) is 0 Å². The van der Waals surface area contributed by atoms with Crippen LogP contribution in [0.2, 0.25) is 0 Å². The summed E-state index contributed by atoms with van der Waals surface area (Å²) in [5, 5.41) is 30.5. The Morgan fingerprint density at radius 2 is 1.56 bits per heavy atom. The van der Waals surface area contributed by atoms with Gasteiger partial charge in [-0.05, 0) is 13.8 Å². The van der Waals surface area contributed by atoms with Crippen LogP contribution < -0.4 is 5.11 Å². The summed E-state index contributed by atoms with van der Waals surface area (Å²) >= 11 is 0. The molecule has 0 aromatic rings. The molecule has 0 unspecified atom stereocenters. The summed E-state index contributed by atoms with van der Waals surface area (Å²) in [5.74, 6) is -2.18. The van der Waals surface area contributed by atoms with Crippen LogP contribution in [0, 0.1) is 0 Å². The molecule has 0 saturated carbocycles. The zero-order valence-electron chi connectivity index (χ0n) is 11.7. The molecular weight excluding hydrogens is 238 g/mol. The number of hydrogen-bond acceptors (Lipinski definition) is 5. The number of rotatable bonds is 7. The molecule has 6 nitrogen and oxygen atoms in total. The Labute approximate surface area is 107 Å². The van der Waals surface area contributed by atoms with E-state index < -0.39 is 29.4 Å². The van der Waals surface area contributed by atoms with Gasteiger partial charge >= 0.3 is 0 Å². The molecule has 0 fully saturated rings. The van der Waals surface area contributed by atoms with E-state index in [-0.39, 0.29) is 17.4 Å². The van der Waals surface area contributed by atoms with E-state index in [9.17, 15) is 24.9 Å². The van der Waals surface area contributed by atoms with E-state index in [0.717, 1.165) is 0 Å². The Morgan fingerprint density at radius 1 is 1.11 bits per heavy atom. The van der Waals surface area contributed by atoms with Gasteiger partial charge in [-0.1, -0.05) is 0 Å². The van der Waals surface area contributed by atoms with Crippen LogP contribution in [0.3, 0.4) is 0 Å². The van der Waals surface area contributed by atoms with Crippen LogP contribution in [0.4, 0.5) is 0 Å². The van der Waals surface area contributed by atoms with Crippen LogP contribution in [-0.4, -0.2) is 65.3 Å². The lowest BCUT2D eigenvalue weighted by Gasteiger charge is -2.35. The van der Waals surface area contributed by atoms with Crippen molar-refractivity contribution in [1.82, 2.24) is 0 Å². The highest BCUT2D eigenvalue weighted by Gasteiger charge is 2.42. The lowest BCUT2D eigenvalue weighted by atomic mass is 9.86. The number of ketones is 1. The highest BCUT2D eigenvalue weighted by atomic mass is 16.4. The number of aliphatic carboxylic acids is 1. The maximum Gasteiger partial charge on any atom is 0.177 e. The zero-order valence-corrected chi connectivity index (χ0v) is 11.7. The molecule has 18 heavy (non-hydrogen) atoms. The summed E-state index contributed by atoms with van der Waals surface area (Å²) in [6.45, 7) is 2.79. The van der Waals surface area contributed by atoms with Gasteiger partial charge in [0.1, 0.15) is 6.54 Å². The van der Waals surface area contributed by atoms with Crippen LogP contribution in [-0.2, 0) is 9.59 Å². The Hall–Kier alpha value is -0.980. The number of carboxylic acids is 1. The first-order valence-corrected chi connectivity index (χ1v) is 5.74. The van der Waals surface area contributed by atoms with Gasteiger partial charge in [0, 0.05) is 18.8 Å². The number of carbonyl (C=O) groups is 2. The third-order valence-corrected chi connectivity index (χ3v) is 2.28. The minimum absolute atomic E-state index is 0.0596. The average Bonchev–Trinajstić information content (AvgIpc) is 1.93. The van der Waals surface area contributed by atoms with Crippen LogP contribution in [0.1, 0.15) is 26.7 Å². The normalized spacial score (nSPS) is 16.2. The maximum absolute atomic E-state index is 12.0. The second kappa shape index (κ2) is 5.34. The SMILES string of the molecule is CC(C)(O)CC(=O)[C@@](O)(CC(=O)[O-])C[N+](C)(C)C. The van der Waals surface area contributed by atoms with E-state index in [2.05, 4.69) is 0 Å². The number of likely N-dealkylation sites (N-methyl/N-ethyl adjacent to an activating group) is 1. The van der Waals surface area contributed by atoms with Gasteiger partial charge in [-0.3, -0.25) is 4.79 Å². The predicted molar refractivity (Wildman–Crippen MR) is 63.4 cm³/mol. The summed E-state index contributed by atoms with van der Waals surface area (Å²) in [6.07, 6.45) is -1.08. The molecular formula is C12H23NO5. The third-order valence-electron chi connectivity index (χ3n) is 2.28. The second-order valence-electron chi connectivity index (χ2n) is 6.44. The van der Waals surface area contributed by atoms with Gasteiger partial charge in [0.15, 0.2) is 11.4 Å². The first-order valence-electron chi connectivity index (χ1n) is 5.74. The predicted octanol–water partition coefficient (Wildman–Crippen LogP) is -1.71. The molecule has 0 heterocycles. The number of carbonyl (C=O) groups excluding carboxylic acids is 2. The number of carboxylic acid groups (broad SMARTS) is 1. The van der Waals surface area contributed by atoms with Gasteiger partial charge in [0.2, 0.25) is 0 Å². The largest absolute Gasteiger partial charge is 0.550 e. The smallest absolute Gasteiger partial charge is 0.177 e. The van der Waals surface area contributed by atoms with E-state index in [0.29, 0.717) is 0 Å². The summed E-state index contributed by atoms with van der Waals surface area (Å²) in [7, 11) is 5.20. The molecule has 0 amide bonds. The maximum atomic E-state index is 12.0. The van der Waals surface area contributed by atoms with E-state index in [1.165, 1.54) is 13.8 Å². The molecule has 0 aromatic heterocycles. The van der Waals surface area contributed by atoms with Crippen LogP contribution in [0.25, 0.3) is 0 Å². The van der Waals surface area contributed by atoms with Gasteiger partial charge in [0.05, 0.1) is 26.7 Å². The molecule has 0 rings (SSSR count). The van der Waals surface area contributed by atoms with Crippen LogP contribution >= 0.6 is 0 Å². The Balaban J connectivity index is 5.09. The summed E-state index contributed by atoms with van der Waals surface area (Å²) in [4.78, 5) is 22.7. The minimum atomic E-state index is -2.02. The van der Waals surface area contributed by atoms with E-state index in [1.54, 1.807) is 21.1 Å². The fourth-order valence-corrected chi connectivity index (χ4v) is 1.82. The van der Waals surface area contributed by atoms with Crippen molar-refractivity contribution in [2.24, 2.45) is 0 Å².